The van der Waals surface area contributed by atoms with Crippen LogP contribution in [-0.2, 0) is 17.8 Å². The zero-order valence-corrected chi connectivity index (χ0v) is 18.4. The molecule has 2 aromatic carbocycles. The van der Waals surface area contributed by atoms with Gasteiger partial charge in [0.15, 0.2) is 4.77 Å². The summed E-state index contributed by atoms with van der Waals surface area (Å²) in [6.45, 7) is 0.695. The van der Waals surface area contributed by atoms with Gasteiger partial charge >= 0.3 is 0 Å². The van der Waals surface area contributed by atoms with Crippen molar-refractivity contribution in [1.82, 2.24) is 19.9 Å². The summed E-state index contributed by atoms with van der Waals surface area (Å²) in [5.41, 5.74) is 2.68. The average Bonchev–Trinajstić information content (AvgIpc) is 3.13. The molecule has 0 fully saturated rings. The Balaban J connectivity index is 1.46. The predicted molar refractivity (Wildman–Crippen MR) is 125 cm³/mol. The van der Waals surface area contributed by atoms with Crippen molar-refractivity contribution in [2.24, 2.45) is 0 Å². The van der Waals surface area contributed by atoms with E-state index in [0.29, 0.717) is 34.8 Å². The van der Waals surface area contributed by atoms with Crippen molar-refractivity contribution in [3.05, 3.63) is 68.2 Å². The van der Waals surface area contributed by atoms with Crippen molar-refractivity contribution >= 4 is 51.7 Å². The molecule has 0 saturated carbocycles. The van der Waals surface area contributed by atoms with Crippen LogP contribution in [0, 0.1) is 4.77 Å². The first-order valence-corrected chi connectivity index (χ1v) is 10.6. The van der Waals surface area contributed by atoms with E-state index in [1.165, 1.54) is 4.57 Å². The predicted octanol–water partition coefficient (Wildman–Crippen LogP) is 3.95. The summed E-state index contributed by atoms with van der Waals surface area (Å²) in [5.74, 6) is 0.545. The fourth-order valence-corrected chi connectivity index (χ4v) is 3.89. The van der Waals surface area contributed by atoms with Crippen LogP contribution in [0.3, 0.4) is 0 Å². The van der Waals surface area contributed by atoms with E-state index in [0.717, 1.165) is 16.5 Å². The normalized spacial score (nSPS) is 11.2. The van der Waals surface area contributed by atoms with Crippen LogP contribution in [0.5, 0.6) is 5.75 Å². The van der Waals surface area contributed by atoms with E-state index in [1.807, 2.05) is 42.5 Å². The van der Waals surface area contributed by atoms with Gasteiger partial charge in [-0.1, -0.05) is 23.7 Å². The molecular weight excluding hydrogens is 436 g/mol. The molecule has 0 aliphatic heterocycles. The Kier molecular flexibility index (Phi) is 6.11. The summed E-state index contributed by atoms with van der Waals surface area (Å²) in [6.07, 6.45) is 0.852. The first-order valence-electron chi connectivity index (χ1n) is 9.80. The van der Waals surface area contributed by atoms with Gasteiger partial charge in [0.2, 0.25) is 5.91 Å². The van der Waals surface area contributed by atoms with Crippen molar-refractivity contribution < 1.29 is 9.53 Å². The Hall–Kier alpha value is -3.10. The van der Waals surface area contributed by atoms with Crippen LogP contribution < -0.4 is 15.6 Å². The largest absolute Gasteiger partial charge is 0.497 e. The number of halogens is 1. The number of carbonyl (C=O) groups is 1. The minimum atomic E-state index is -0.261. The van der Waals surface area contributed by atoms with Gasteiger partial charge in [0.25, 0.3) is 5.56 Å². The van der Waals surface area contributed by atoms with Crippen molar-refractivity contribution in [2.45, 2.75) is 19.4 Å². The first kappa shape index (κ1) is 21.1. The van der Waals surface area contributed by atoms with Crippen molar-refractivity contribution in [3.8, 4) is 5.75 Å². The third kappa shape index (κ3) is 4.50. The number of aromatic amines is 2. The van der Waals surface area contributed by atoms with Gasteiger partial charge in [-0.2, -0.15) is 0 Å². The molecule has 3 N–H and O–H groups in total. The van der Waals surface area contributed by atoms with Crippen LogP contribution in [0.4, 0.5) is 0 Å². The number of nitrogens with one attached hydrogen (secondary N) is 3. The molecule has 0 spiro atoms. The van der Waals surface area contributed by atoms with Gasteiger partial charge in [-0.05, 0) is 54.5 Å². The highest BCUT2D eigenvalue weighted by Gasteiger charge is 2.13. The lowest BCUT2D eigenvalue weighted by molar-refractivity contribution is -0.121. The SMILES string of the molecule is COc1ccc2[nH]c3c(=O)n(CCC(=O)NCCc4ccc(Cl)cc4)c(=S)[nH]c3c2c1. The molecule has 0 unspecified atom stereocenters. The van der Waals surface area contributed by atoms with Gasteiger partial charge < -0.3 is 20.0 Å². The number of rotatable bonds is 7. The molecule has 4 aromatic rings. The van der Waals surface area contributed by atoms with Crippen molar-refractivity contribution in [2.75, 3.05) is 13.7 Å². The maximum atomic E-state index is 13.0. The molecule has 2 aromatic heterocycles. The average molecular weight is 457 g/mol. The number of methoxy groups -OCH3 is 1. The fraction of sp³-hybridized carbons (Fsp3) is 0.227. The molecule has 4 rings (SSSR count). The van der Waals surface area contributed by atoms with E-state index < -0.39 is 0 Å². The minimum Gasteiger partial charge on any atom is -0.497 e. The summed E-state index contributed by atoms with van der Waals surface area (Å²) in [5, 5.41) is 4.38. The van der Waals surface area contributed by atoms with Gasteiger partial charge in [0.1, 0.15) is 11.3 Å². The molecule has 160 valence electrons. The third-order valence-electron chi connectivity index (χ3n) is 5.15. The maximum Gasteiger partial charge on any atom is 0.278 e. The number of ether oxygens (including phenoxy) is 1. The Morgan fingerprint density at radius 3 is 2.68 bits per heavy atom. The lowest BCUT2D eigenvalue weighted by Gasteiger charge is -2.08. The molecule has 7 nitrogen and oxygen atoms in total. The van der Waals surface area contributed by atoms with Crippen LogP contribution in [0.2, 0.25) is 5.02 Å². The Morgan fingerprint density at radius 2 is 1.94 bits per heavy atom. The van der Waals surface area contributed by atoms with Crippen LogP contribution in [0.15, 0.2) is 47.3 Å². The molecule has 0 aliphatic rings. The summed E-state index contributed by atoms with van der Waals surface area (Å²) >= 11 is 11.3. The zero-order chi connectivity index (χ0) is 22.0. The van der Waals surface area contributed by atoms with Crippen LogP contribution in [0.25, 0.3) is 21.9 Å². The Morgan fingerprint density at radius 1 is 1.16 bits per heavy atom. The van der Waals surface area contributed by atoms with Crippen molar-refractivity contribution in [3.63, 3.8) is 0 Å². The third-order valence-corrected chi connectivity index (χ3v) is 5.73. The highest BCUT2D eigenvalue weighted by molar-refractivity contribution is 7.71. The second-order valence-electron chi connectivity index (χ2n) is 7.15. The van der Waals surface area contributed by atoms with E-state index in [2.05, 4.69) is 15.3 Å². The zero-order valence-electron chi connectivity index (χ0n) is 16.8. The van der Waals surface area contributed by atoms with Crippen molar-refractivity contribution in [1.29, 1.82) is 0 Å². The van der Waals surface area contributed by atoms with Crippen LogP contribution in [0.1, 0.15) is 12.0 Å². The second kappa shape index (κ2) is 8.95. The number of aromatic nitrogens is 3. The standard InChI is InChI=1S/C22H21ClN4O3S/c1-30-15-6-7-17-16(12-15)19-20(25-17)21(29)27(22(31)26-19)11-9-18(28)24-10-8-13-2-4-14(23)5-3-13/h2-7,12,25H,8-11H2,1H3,(H,24,28)(H,26,31). The van der Waals surface area contributed by atoms with E-state index in [-0.39, 0.29) is 29.2 Å². The number of amides is 1. The second-order valence-corrected chi connectivity index (χ2v) is 7.97. The quantitative estimate of drug-likeness (QED) is 0.367. The monoisotopic (exact) mass is 456 g/mol. The van der Waals surface area contributed by atoms with Crippen LogP contribution >= 0.6 is 23.8 Å². The van der Waals surface area contributed by atoms with Gasteiger partial charge in [0, 0.05) is 35.4 Å². The van der Waals surface area contributed by atoms with Gasteiger partial charge in [-0.15, -0.1) is 0 Å². The number of benzene rings is 2. The summed E-state index contributed by atoms with van der Waals surface area (Å²) in [6, 6.07) is 13.0. The number of H-pyrrole nitrogens is 2. The Bertz CT molecular complexity index is 1370. The number of hydrogen-bond donors (Lipinski definition) is 3. The molecule has 9 heteroatoms. The van der Waals surface area contributed by atoms with E-state index in [1.54, 1.807) is 7.11 Å². The molecule has 0 saturated heterocycles. The lowest BCUT2D eigenvalue weighted by atomic mass is 10.1. The fourth-order valence-electron chi connectivity index (χ4n) is 3.49. The molecule has 0 aliphatic carbocycles. The summed E-state index contributed by atoms with van der Waals surface area (Å²) in [7, 11) is 1.59. The van der Waals surface area contributed by atoms with Crippen LogP contribution in [-0.4, -0.2) is 34.1 Å². The lowest BCUT2D eigenvalue weighted by Crippen LogP contribution is -2.29. The molecule has 0 atom stereocenters. The molecule has 1 amide bonds. The molecule has 31 heavy (non-hydrogen) atoms. The summed E-state index contributed by atoms with van der Waals surface area (Å²) < 4.78 is 6.95. The topological polar surface area (TPSA) is 91.9 Å². The Labute approximate surface area is 188 Å². The minimum absolute atomic E-state index is 0.142. The molecule has 2 heterocycles. The number of hydrogen-bond acceptors (Lipinski definition) is 4. The molecule has 0 bridgehead atoms. The smallest absolute Gasteiger partial charge is 0.278 e. The molecular formula is C22H21ClN4O3S. The maximum absolute atomic E-state index is 13.0. The number of carbonyl (C=O) groups excluding carboxylic acids is 1. The number of nitrogens with zero attached hydrogens (tertiary/aromatic N) is 1. The van der Waals surface area contributed by atoms with E-state index >= 15 is 0 Å². The number of fused-ring (bicyclic) bond motifs is 3. The summed E-state index contributed by atoms with van der Waals surface area (Å²) in [4.78, 5) is 31.5. The van der Waals surface area contributed by atoms with E-state index in [4.69, 9.17) is 28.6 Å². The van der Waals surface area contributed by atoms with E-state index in [9.17, 15) is 9.59 Å². The highest BCUT2D eigenvalue weighted by Crippen LogP contribution is 2.25. The van der Waals surface area contributed by atoms with Gasteiger partial charge in [0.05, 0.1) is 12.6 Å². The van der Waals surface area contributed by atoms with Gasteiger partial charge in [-0.3, -0.25) is 14.2 Å². The van der Waals surface area contributed by atoms with Gasteiger partial charge in [-0.25, -0.2) is 0 Å². The first-order chi connectivity index (χ1) is 15.0. The highest BCUT2D eigenvalue weighted by atomic mass is 35.5. The molecule has 0 radical (unpaired) electrons.